The van der Waals surface area contributed by atoms with Crippen LogP contribution >= 0.6 is 11.6 Å². The summed E-state index contributed by atoms with van der Waals surface area (Å²) < 4.78 is 28.7. The maximum absolute atomic E-state index is 11.9. The van der Waals surface area contributed by atoms with Crippen LogP contribution < -0.4 is 0 Å². The predicted molar refractivity (Wildman–Crippen MR) is 73.6 cm³/mol. The van der Waals surface area contributed by atoms with E-state index in [-0.39, 0.29) is 10.8 Å². The molecule has 0 spiro atoms. The quantitative estimate of drug-likeness (QED) is 0.594. The Hall–Kier alpha value is -0.580. The Labute approximate surface area is 114 Å². The Kier molecular flexibility index (Phi) is 5.63. The average molecular weight is 291 g/mol. The molecule has 3 nitrogen and oxygen atoms in total. The molecule has 1 aromatic rings. The van der Waals surface area contributed by atoms with Crippen molar-refractivity contribution >= 4 is 21.7 Å². The summed E-state index contributed by atoms with van der Waals surface area (Å²) >= 11 is 5.54. The van der Waals surface area contributed by atoms with E-state index >= 15 is 0 Å². The SMILES string of the molecule is CCC(C)c1ccc(S(=O)(=O)OC(C)CCl)cc1. The molecule has 0 radical (unpaired) electrons. The van der Waals surface area contributed by atoms with Gasteiger partial charge in [0.05, 0.1) is 11.0 Å². The van der Waals surface area contributed by atoms with Gasteiger partial charge in [0.15, 0.2) is 0 Å². The molecular formula is C13H19ClO3S. The number of hydrogen-bond donors (Lipinski definition) is 0. The molecule has 0 aliphatic rings. The summed E-state index contributed by atoms with van der Waals surface area (Å²) in [6.07, 6.45) is 0.497. The molecular weight excluding hydrogens is 272 g/mol. The number of rotatable bonds is 6. The van der Waals surface area contributed by atoms with E-state index in [1.165, 1.54) is 0 Å². The van der Waals surface area contributed by atoms with Crippen LogP contribution in [0.3, 0.4) is 0 Å². The van der Waals surface area contributed by atoms with Crippen molar-refractivity contribution in [2.24, 2.45) is 0 Å². The summed E-state index contributed by atoms with van der Waals surface area (Å²) in [5.41, 5.74) is 1.13. The number of alkyl halides is 1. The normalized spacial score (nSPS) is 15.3. The lowest BCUT2D eigenvalue weighted by Gasteiger charge is -2.12. The van der Waals surface area contributed by atoms with Gasteiger partial charge in [0.25, 0.3) is 10.1 Å². The maximum atomic E-state index is 11.9. The highest BCUT2D eigenvalue weighted by Crippen LogP contribution is 2.21. The lowest BCUT2D eigenvalue weighted by molar-refractivity contribution is 0.252. The summed E-state index contributed by atoms with van der Waals surface area (Å²) in [4.78, 5) is 0.173. The average Bonchev–Trinajstić information content (AvgIpc) is 2.37. The molecule has 1 aromatic carbocycles. The summed E-state index contributed by atoms with van der Waals surface area (Å²) in [6.45, 7) is 5.83. The first-order chi connectivity index (χ1) is 8.40. The van der Waals surface area contributed by atoms with Crippen molar-refractivity contribution in [1.82, 2.24) is 0 Å². The standard InChI is InChI=1S/C13H19ClO3S/c1-4-10(2)12-5-7-13(8-6-12)18(15,16)17-11(3)9-14/h5-8,10-11H,4,9H2,1-3H3. The van der Waals surface area contributed by atoms with Gasteiger partial charge in [-0.2, -0.15) is 8.42 Å². The zero-order valence-electron chi connectivity index (χ0n) is 10.9. The Balaban J connectivity index is 2.91. The Morgan fingerprint density at radius 2 is 1.78 bits per heavy atom. The molecule has 0 aromatic heterocycles. The van der Waals surface area contributed by atoms with Crippen LogP contribution in [-0.4, -0.2) is 20.4 Å². The van der Waals surface area contributed by atoms with Gasteiger partial charge in [-0.05, 0) is 37.0 Å². The van der Waals surface area contributed by atoms with E-state index in [4.69, 9.17) is 15.8 Å². The van der Waals surface area contributed by atoms with Gasteiger partial charge < -0.3 is 0 Å². The van der Waals surface area contributed by atoms with Crippen LogP contribution in [0.25, 0.3) is 0 Å². The van der Waals surface area contributed by atoms with E-state index in [1.54, 1.807) is 19.1 Å². The van der Waals surface area contributed by atoms with Crippen molar-refractivity contribution in [3.63, 3.8) is 0 Å². The van der Waals surface area contributed by atoms with Crippen molar-refractivity contribution in [2.45, 2.75) is 44.1 Å². The third-order valence-electron chi connectivity index (χ3n) is 2.86. The van der Waals surface area contributed by atoms with E-state index < -0.39 is 16.2 Å². The highest BCUT2D eigenvalue weighted by atomic mass is 35.5. The van der Waals surface area contributed by atoms with Crippen LogP contribution in [0.4, 0.5) is 0 Å². The van der Waals surface area contributed by atoms with Crippen LogP contribution in [-0.2, 0) is 14.3 Å². The molecule has 0 aliphatic heterocycles. The number of benzene rings is 1. The fraction of sp³-hybridized carbons (Fsp3) is 0.538. The van der Waals surface area contributed by atoms with Gasteiger partial charge in [-0.25, -0.2) is 0 Å². The molecule has 5 heteroatoms. The van der Waals surface area contributed by atoms with Crippen LogP contribution in [0.2, 0.25) is 0 Å². The van der Waals surface area contributed by atoms with Crippen molar-refractivity contribution in [2.75, 3.05) is 5.88 Å². The van der Waals surface area contributed by atoms with E-state index in [0.29, 0.717) is 5.92 Å². The Bertz CT molecular complexity index is 468. The van der Waals surface area contributed by atoms with Gasteiger partial charge in [0.1, 0.15) is 0 Å². The van der Waals surface area contributed by atoms with Crippen molar-refractivity contribution in [1.29, 1.82) is 0 Å². The van der Waals surface area contributed by atoms with E-state index in [2.05, 4.69) is 13.8 Å². The zero-order valence-corrected chi connectivity index (χ0v) is 12.5. The first-order valence-electron chi connectivity index (χ1n) is 6.00. The molecule has 0 N–H and O–H groups in total. The van der Waals surface area contributed by atoms with Crippen LogP contribution in [0.5, 0.6) is 0 Å². The third-order valence-corrected chi connectivity index (χ3v) is 4.72. The molecule has 0 bridgehead atoms. The molecule has 0 aliphatic carbocycles. The molecule has 0 fully saturated rings. The molecule has 0 heterocycles. The third kappa shape index (κ3) is 3.97. The second-order valence-electron chi connectivity index (χ2n) is 4.39. The molecule has 2 unspecified atom stereocenters. The van der Waals surface area contributed by atoms with Gasteiger partial charge in [-0.3, -0.25) is 4.18 Å². The molecule has 0 saturated carbocycles. The van der Waals surface area contributed by atoms with Gasteiger partial charge >= 0.3 is 0 Å². The number of halogens is 1. The lowest BCUT2D eigenvalue weighted by atomic mass is 9.99. The van der Waals surface area contributed by atoms with E-state index in [1.807, 2.05) is 12.1 Å². The van der Waals surface area contributed by atoms with Crippen molar-refractivity contribution < 1.29 is 12.6 Å². The summed E-state index contributed by atoms with van der Waals surface area (Å²) in [6, 6.07) is 6.82. The van der Waals surface area contributed by atoms with Gasteiger partial charge in [-0.15, -0.1) is 11.6 Å². The van der Waals surface area contributed by atoms with Gasteiger partial charge in [-0.1, -0.05) is 26.0 Å². The molecule has 0 saturated heterocycles. The van der Waals surface area contributed by atoms with Crippen molar-refractivity contribution in [3.8, 4) is 0 Å². The van der Waals surface area contributed by atoms with Gasteiger partial charge in [0.2, 0.25) is 0 Å². The molecule has 1 rings (SSSR count). The Morgan fingerprint density at radius 3 is 2.22 bits per heavy atom. The lowest BCUT2D eigenvalue weighted by Crippen LogP contribution is -2.16. The Morgan fingerprint density at radius 1 is 1.22 bits per heavy atom. The van der Waals surface area contributed by atoms with E-state index in [0.717, 1.165) is 12.0 Å². The minimum atomic E-state index is -3.71. The van der Waals surface area contributed by atoms with Crippen LogP contribution in [0.1, 0.15) is 38.7 Å². The zero-order chi connectivity index (χ0) is 13.8. The van der Waals surface area contributed by atoms with E-state index in [9.17, 15) is 8.42 Å². The monoisotopic (exact) mass is 290 g/mol. The maximum Gasteiger partial charge on any atom is 0.297 e. The number of hydrogen-bond acceptors (Lipinski definition) is 3. The van der Waals surface area contributed by atoms with Gasteiger partial charge in [0, 0.05) is 5.88 Å². The predicted octanol–water partition coefficient (Wildman–Crippen LogP) is 3.53. The van der Waals surface area contributed by atoms with Crippen molar-refractivity contribution in [3.05, 3.63) is 29.8 Å². The summed E-state index contributed by atoms with van der Waals surface area (Å²) in [5, 5.41) is 0. The highest BCUT2D eigenvalue weighted by molar-refractivity contribution is 7.86. The minimum Gasteiger partial charge on any atom is -0.262 e. The molecule has 102 valence electrons. The minimum absolute atomic E-state index is 0.143. The summed E-state index contributed by atoms with van der Waals surface area (Å²) in [7, 11) is -3.71. The fourth-order valence-electron chi connectivity index (χ4n) is 1.50. The van der Waals surface area contributed by atoms with Crippen LogP contribution in [0, 0.1) is 0 Å². The first-order valence-corrected chi connectivity index (χ1v) is 7.94. The highest BCUT2D eigenvalue weighted by Gasteiger charge is 2.18. The fourth-order valence-corrected chi connectivity index (χ4v) is 2.72. The topological polar surface area (TPSA) is 43.4 Å². The summed E-state index contributed by atoms with van der Waals surface area (Å²) in [5.74, 6) is 0.564. The largest absolute Gasteiger partial charge is 0.297 e. The first kappa shape index (κ1) is 15.5. The van der Waals surface area contributed by atoms with Crippen LogP contribution in [0.15, 0.2) is 29.2 Å². The molecule has 18 heavy (non-hydrogen) atoms. The molecule has 0 amide bonds. The second-order valence-corrected chi connectivity index (χ2v) is 6.27. The second kappa shape index (κ2) is 6.55. The smallest absolute Gasteiger partial charge is 0.262 e. The molecule has 2 atom stereocenters.